The van der Waals surface area contributed by atoms with Gasteiger partial charge in [0.25, 0.3) is 0 Å². The molecule has 0 aliphatic rings. The van der Waals surface area contributed by atoms with Crippen LogP contribution in [0.25, 0.3) is 10.4 Å². The Labute approximate surface area is 124 Å². The molecule has 100 valence electrons. The largest absolute Gasteiger partial charge is 0.141 e. The van der Waals surface area contributed by atoms with Crippen molar-refractivity contribution < 1.29 is 0 Å². The molecular weight excluding hydrogens is 260 g/mol. The molecule has 1 atom stereocenters. The fraction of sp³-hybridized carbons (Fsp3) is 0.158. The molecule has 2 aromatic carbocycles. The number of rotatable bonds is 3. The van der Waals surface area contributed by atoms with E-state index in [0.717, 1.165) is 0 Å². The van der Waals surface area contributed by atoms with E-state index in [-0.39, 0.29) is 0 Å². The maximum atomic E-state index is 2.26. The van der Waals surface area contributed by atoms with Crippen molar-refractivity contribution in [2.24, 2.45) is 0 Å². The van der Waals surface area contributed by atoms with Crippen molar-refractivity contribution >= 4 is 11.3 Å². The highest BCUT2D eigenvalue weighted by atomic mass is 32.1. The Kier molecular flexibility index (Phi) is 3.70. The van der Waals surface area contributed by atoms with E-state index in [1.54, 1.807) is 0 Å². The standard InChI is InChI=1S/C19H18S/c1-14-8-13-19(20-14)18-11-9-17(10-12-18)15(2)16-6-4-3-5-7-16/h3-13,15H,1-2H3. The Morgan fingerprint density at radius 1 is 0.750 bits per heavy atom. The molecule has 0 fully saturated rings. The summed E-state index contributed by atoms with van der Waals surface area (Å²) < 4.78 is 0. The lowest BCUT2D eigenvalue weighted by Crippen LogP contribution is -1.95. The van der Waals surface area contributed by atoms with Crippen molar-refractivity contribution in [1.82, 2.24) is 0 Å². The second-order valence-electron chi connectivity index (χ2n) is 5.16. The van der Waals surface area contributed by atoms with E-state index in [0.29, 0.717) is 5.92 Å². The summed E-state index contributed by atoms with van der Waals surface area (Å²) in [5, 5.41) is 0. The van der Waals surface area contributed by atoms with Crippen LogP contribution < -0.4 is 0 Å². The van der Waals surface area contributed by atoms with Crippen LogP contribution in [0.2, 0.25) is 0 Å². The topological polar surface area (TPSA) is 0 Å². The van der Waals surface area contributed by atoms with Gasteiger partial charge in [-0.2, -0.15) is 0 Å². The summed E-state index contributed by atoms with van der Waals surface area (Å²) in [6.45, 7) is 4.42. The van der Waals surface area contributed by atoms with Gasteiger partial charge in [-0.05, 0) is 35.7 Å². The van der Waals surface area contributed by atoms with E-state index >= 15 is 0 Å². The monoisotopic (exact) mass is 278 g/mol. The average Bonchev–Trinajstić information content (AvgIpc) is 2.94. The van der Waals surface area contributed by atoms with Crippen LogP contribution in [0.15, 0.2) is 66.7 Å². The molecule has 0 aliphatic heterocycles. The minimum Gasteiger partial charge on any atom is -0.141 e. The first-order valence-electron chi connectivity index (χ1n) is 6.96. The molecule has 0 saturated heterocycles. The molecule has 3 rings (SSSR count). The van der Waals surface area contributed by atoms with Gasteiger partial charge in [0.05, 0.1) is 0 Å². The van der Waals surface area contributed by atoms with Crippen molar-refractivity contribution in [3.8, 4) is 10.4 Å². The highest BCUT2D eigenvalue weighted by Gasteiger charge is 2.08. The number of hydrogen-bond acceptors (Lipinski definition) is 1. The minimum atomic E-state index is 0.440. The van der Waals surface area contributed by atoms with E-state index < -0.39 is 0 Å². The van der Waals surface area contributed by atoms with E-state index in [1.807, 2.05) is 11.3 Å². The summed E-state index contributed by atoms with van der Waals surface area (Å²) in [5.41, 5.74) is 4.05. The van der Waals surface area contributed by atoms with Gasteiger partial charge in [-0.3, -0.25) is 0 Å². The highest BCUT2D eigenvalue weighted by Crippen LogP contribution is 2.30. The van der Waals surface area contributed by atoms with Crippen LogP contribution in [-0.4, -0.2) is 0 Å². The molecule has 0 aliphatic carbocycles. The van der Waals surface area contributed by atoms with Crippen molar-refractivity contribution in [2.75, 3.05) is 0 Å². The zero-order valence-corrected chi connectivity index (χ0v) is 12.7. The van der Waals surface area contributed by atoms with E-state index in [1.165, 1.54) is 26.4 Å². The highest BCUT2D eigenvalue weighted by molar-refractivity contribution is 7.15. The van der Waals surface area contributed by atoms with Crippen LogP contribution in [0.4, 0.5) is 0 Å². The van der Waals surface area contributed by atoms with E-state index in [4.69, 9.17) is 0 Å². The minimum absolute atomic E-state index is 0.440. The van der Waals surface area contributed by atoms with Crippen molar-refractivity contribution in [3.05, 3.63) is 82.7 Å². The Balaban J connectivity index is 1.86. The Bertz CT molecular complexity index is 677. The number of aryl methyl sites for hydroxylation is 1. The Hall–Kier alpha value is -1.86. The first kappa shape index (κ1) is 13.1. The summed E-state index contributed by atoms with van der Waals surface area (Å²) >= 11 is 1.85. The third-order valence-electron chi connectivity index (χ3n) is 3.74. The fourth-order valence-corrected chi connectivity index (χ4v) is 3.33. The zero-order chi connectivity index (χ0) is 13.9. The normalized spacial score (nSPS) is 12.3. The van der Waals surface area contributed by atoms with Gasteiger partial charge >= 0.3 is 0 Å². The molecule has 0 nitrogen and oxygen atoms in total. The summed E-state index contributed by atoms with van der Waals surface area (Å²) in [6.07, 6.45) is 0. The summed E-state index contributed by atoms with van der Waals surface area (Å²) in [7, 11) is 0. The average molecular weight is 278 g/mol. The molecule has 0 saturated carbocycles. The molecule has 0 bridgehead atoms. The molecule has 0 spiro atoms. The van der Waals surface area contributed by atoms with E-state index in [9.17, 15) is 0 Å². The lowest BCUT2D eigenvalue weighted by molar-refractivity contribution is 0.923. The van der Waals surface area contributed by atoms with Crippen molar-refractivity contribution in [2.45, 2.75) is 19.8 Å². The smallest absolute Gasteiger partial charge is 0.0345 e. The van der Waals surface area contributed by atoms with Gasteiger partial charge in [0.15, 0.2) is 0 Å². The van der Waals surface area contributed by atoms with Gasteiger partial charge in [-0.15, -0.1) is 11.3 Å². The second kappa shape index (κ2) is 5.64. The third-order valence-corrected chi connectivity index (χ3v) is 4.78. The molecule has 1 unspecified atom stereocenters. The zero-order valence-electron chi connectivity index (χ0n) is 11.8. The Morgan fingerprint density at radius 3 is 2.00 bits per heavy atom. The molecule has 0 radical (unpaired) electrons. The fourth-order valence-electron chi connectivity index (χ4n) is 2.46. The first-order chi connectivity index (χ1) is 9.74. The molecule has 0 amide bonds. The van der Waals surface area contributed by atoms with Gasteiger partial charge in [-0.1, -0.05) is 61.5 Å². The quantitative estimate of drug-likeness (QED) is 0.561. The predicted octanol–water partition coefficient (Wildman–Crippen LogP) is 5.88. The number of benzene rings is 2. The molecule has 20 heavy (non-hydrogen) atoms. The van der Waals surface area contributed by atoms with Crippen LogP contribution in [0.3, 0.4) is 0 Å². The lowest BCUT2D eigenvalue weighted by Gasteiger charge is -2.12. The van der Waals surface area contributed by atoms with Gasteiger partial charge in [0.2, 0.25) is 0 Å². The molecular formula is C19H18S. The lowest BCUT2D eigenvalue weighted by atomic mass is 9.92. The van der Waals surface area contributed by atoms with Crippen LogP contribution in [0.1, 0.15) is 28.8 Å². The summed E-state index contributed by atoms with van der Waals surface area (Å²) in [4.78, 5) is 2.71. The van der Waals surface area contributed by atoms with Gasteiger partial charge in [-0.25, -0.2) is 0 Å². The van der Waals surface area contributed by atoms with Crippen LogP contribution in [0, 0.1) is 6.92 Å². The van der Waals surface area contributed by atoms with Gasteiger partial charge in [0.1, 0.15) is 0 Å². The molecule has 1 aromatic heterocycles. The first-order valence-corrected chi connectivity index (χ1v) is 7.77. The van der Waals surface area contributed by atoms with Crippen molar-refractivity contribution in [3.63, 3.8) is 0 Å². The molecule has 1 heteroatoms. The summed E-state index contributed by atoms with van der Waals surface area (Å²) in [5.74, 6) is 0.440. The second-order valence-corrected chi connectivity index (χ2v) is 6.45. The van der Waals surface area contributed by atoms with Gasteiger partial charge in [0, 0.05) is 15.7 Å². The predicted molar refractivity (Wildman–Crippen MR) is 88.5 cm³/mol. The van der Waals surface area contributed by atoms with Gasteiger partial charge < -0.3 is 0 Å². The summed E-state index contributed by atoms with van der Waals surface area (Å²) in [6, 6.07) is 24.0. The SMILES string of the molecule is Cc1ccc(-c2ccc(C(C)c3ccccc3)cc2)s1. The maximum Gasteiger partial charge on any atom is 0.0345 e. The van der Waals surface area contributed by atoms with Crippen LogP contribution in [0.5, 0.6) is 0 Å². The number of hydrogen-bond donors (Lipinski definition) is 0. The molecule has 1 heterocycles. The maximum absolute atomic E-state index is 2.26. The van der Waals surface area contributed by atoms with Crippen LogP contribution in [-0.2, 0) is 0 Å². The molecule has 3 aromatic rings. The third kappa shape index (κ3) is 2.68. The van der Waals surface area contributed by atoms with Crippen molar-refractivity contribution in [1.29, 1.82) is 0 Å². The Morgan fingerprint density at radius 2 is 1.40 bits per heavy atom. The number of thiophene rings is 1. The van der Waals surface area contributed by atoms with Crippen LogP contribution >= 0.6 is 11.3 Å². The molecule has 0 N–H and O–H groups in total. The van der Waals surface area contributed by atoms with E-state index in [2.05, 4.69) is 80.6 Å².